The Kier molecular flexibility index (Phi) is 3.37. The van der Waals surface area contributed by atoms with E-state index in [4.69, 9.17) is 4.74 Å². The molecule has 3 heteroatoms. The maximum Gasteiger partial charge on any atom is 0.131 e. The Balaban J connectivity index is 2.67. The molecular formula is C10H12F2O. The van der Waals surface area contributed by atoms with Gasteiger partial charge in [0.25, 0.3) is 0 Å². The topological polar surface area (TPSA) is 9.23 Å². The van der Waals surface area contributed by atoms with Gasteiger partial charge in [-0.15, -0.1) is 0 Å². The van der Waals surface area contributed by atoms with E-state index in [1.807, 2.05) is 13.8 Å². The molecule has 1 rings (SSSR count). The van der Waals surface area contributed by atoms with Gasteiger partial charge < -0.3 is 4.74 Å². The van der Waals surface area contributed by atoms with Crippen molar-refractivity contribution in [3.8, 4) is 0 Å². The van der Waals surface area contributed by atoms with Crippen molar-refractivity contribution in [1.82, 2.24) is 0 Å². The highest BCUT2D eigenvalue weighted by atomic mass is 19.1. The second-order valence-electron chi connectivity index (χ2n) is 3.10. The van der Waals surface area contributed by atoms with Crippen molar-refractivity contribution in [2.45, 2.75) is 26.6 Å². The Morgan fingerprint density at radius 1 is 1.31 bits per heavy atom. The quantitative estimate of drug-likeness (QED) is 0.705. The van der Waals surface area contributed by atoms with Crippen LogP contribution in [0, 0.1) is 11.6 Å². The zero-order valence-electron chi connectivity index (χ0n) is 7.68. The molecule has 0 aromatic heterocycles. The Bertz CT molecular complexity index is 284. The van der Waals surface area contributed by atoms with Crippen LogP contribution < -0.4 is 0 Å². The lowest BCUT2D eigenvalue weighted by Crippen LogP contribution is -2.03. The average molecular weight is 186 g/mol. The minimum atomic E-state index is -0.564. The van der Waals surface area contributed by atoms with E-state index in [-0.39, 0.29) is 12.7 Å². The Morgan fingerprint density at radius 3 is 2.54 bits per heavy atom. The summed E-state index contributed by atoms with van der Waals surface area (Å²) in [6.07, 6.45) is 0.0458. The van der Waals surface area contributed by atoms with E-state index in [1.54, 1.807) is 0 Å². The number of rotatable bonds is 3. The minimum Gasteiger partial charge on any atom is -0.374 e. The SMILES string of the molecule is CC(C)OCc1ccc(F)cc1F. The van der Waals surface area contributed by atoms with Gasteiger partial charge in [-0.1, -0.05) is 6.07 Å². The van der Waals surface area contributed by atoms with Crippen LogP contribution in [0.15, 0.2) is 18.2 Å². The third-order valence-corrected chi connectivity index (χ3v) is 1.59. The van der Waals surface area contributed by atoms with Gasteiger partial charge in [-0.25, -0.2) is 8.78 Å². The molecule has 0 radical (unpaired) electrons. The summed E-state index contributed by atoms with van der Waals surface area (Å²) in [6.45, 7) is 3.91. The fraction of sp³-hybridized carbons (Fsp3) is 0.400. The molecule has 0 aliphatic rings. The van der Waals surface area contributed by atoms with Crippen molar-refractivity contribution in [3.05, 3.63) is 35.4 Å². The van der Waals surface area contributed by atoms with E-state index in [0.29, 0.717) is 5.56 Å². The molecule has 0 aliphatic heterocycles. The predicted molar refractivity (Wildman–Crippen MR) is 46.3 cm³/mol. The molecular weight excluding hydrogens is 174 g/mol. The van der Waals surface area contributed by atoms with Crippen LogP contribution in [0.5, 0.6) is 0 Å². The fourth-order valence-corrected chi connectivity index (χ4v) is 0.895. The highest BCUT2D eigenvalue weighted by Crippen LogP contribution is 2.11. The van der Waals surface area contributed by atoms with Crippen LogP contribution in [0.4, 0.5) is 8.78 Å². The van der Waals surface area contributed by atoms with E-state index >= 15 is 0 Å². The second-order valence-corrected chi connectivity index (χ2v) is 3.10. The van der Waals surface area contributed by atoms with Gasteiger partial charge in [-0.05, 0) is 19.9 Å². The smallest absolute Gasteiger partial charge is 0.131 e. The first-order valence-electron chi connectivity index (χ1n) is 4.15. The highest BCUT2D eigenvalue weighted by Gasteiger charge is 2.04. The molecule has 1 aromatic rings. The van der Waals surface area contributed by atoms with Crippen LogP contribution >= 0.6 is 0 Å². The maximum absolute atomic E-state index is 13.0. The average Bonchev–Trinajstić information content (AvgIpc) is 2.02. The van der Waals surface area contributed by atoms with Gasteiger partial charge in [0, 0.05) is 11.6 Å². The van der Waals surface area contributed by atoms with Gasteiger partial charge >= 0.3 is 0 Å². The number of ether oxygens (including phenoxy) is 1. The summed E-state index contributed by atoms with van der Waals surface area (Å²) in [5, 5.41) is 0. The molecule has 0 saturated carbocycles. The molecule has 72 valence electrons. The van der Waals surface area contributed by atoms with Gasteiger partial charge in [0.2, 0.25) is 0 Å². The number of hydrogen-bond acceptors (Lipinski definition) is 1. The third-order valence-electron chi connectivity index (χ3n) is 1.59. The summed E-state index contributed by atoms with van der Waals surface area (Å²) < 4.78 is 30.6. The molecule has 0 atom stereocenters. The third kappa shape index (κ3) is 3.11. The molecule has 0 saturated heterocycles. The van der Waals surface area contributed by atoms with Crippen molar-refractivity contribution >= 4 is 0 Å². The van der Waals surface area contributed by atoms with Crippen LogP contribution in [0.25, 0.3) is 0 Å². The van der Waals surface area contributed by atoms with Crippen LogP contribution in [0.3, 0.4) is 0 Å². The lowest BCUT2D eigenvalue weighted by atomic mass is 10.2. The van der Waals surface area contributed by atoms with Crippen LogP contribution in [-0.2, 0) is 11.3 Å². The summed E-state index contributed by atoms with van der Waals surface area (Å²) in [5.41, 5.74) is 0.384. The van der Waals surface area contributed by atoms with Gasteiger partial charge in [-0.2, -0.15) is 0 Å². The molecule has 0 N–H and O–H groups in total. The molecule has 0 amide bonds. The van der Waals surface area contributed by atoms with E-state index in [0.717, 1.165) is 6.07 Å². The monoisotopic (exact) mass is 186 g/mol. The van der Waals surface area contributed by atoms with E-state index in [2.05, 4.69) is 0 Å². The van der Waals surface area contributed by atoms with Gasteiger partial charge in [0.15, 0.2) is 0 Å². The first-order chi connectivity index (χ1) is 6.09. The van der Waals surface area contributed by atoms with Gasteiger partial charge in [-0.3, -0.25) is 0 Å². The maximum atomic E-state index is 13.0. The van der Waals surface area contributed by atoms with Crippen molar-refractivity contribution in [3.63, 3.8) is 0 Å². The number of halogens is 2. The summed E-state index contributed by atoms with van der Waals surface area (Å²) >= 11 is 0. The van der Waals surface area contributed by atoms with Crippen molar-refractivity contribution in [2.24, 2.45) is 0 Å². The Labute approximate surface area is 76.3 Å². The van der Waals surface area contributed by atoms with E-state index < -0.39 is 11.6 Å². The Hall–Kier alpha value is -0.960. The molecule has 0 unspecified atom stereocenters. The first-order valence-corrected chi connectivity index (χ1v) is 4.15. The van der Waals surface area contributed by atoms with Crippen LogP contribution in [0.2, 0.25) is 0 Å². The lowest BCUT2D eigenvalue weighted by molar-refractivity contribution is 0.0639. The second kappa shape index (κ2) is 4.33. The summed E-state index contributed by atoms with van der Waals surface area (Å²) in [4.78, 5) is 0. The summed E-state index contributed by atoms with van der Waals surface area (Å²) in [5.74, 6) is -1.12. The Morgan fingerprint density at radius 2 is 2.00 bits per heavy atom. The van der Waals surface area contributed by atoms with Gasteiger partial charge in [0.05, 0.1) is 12.7 Å². The molecule has 0 spiro atoms. The van der Waals surface area contributed by atoms with E-state index in [1.165, 1.54) is 12.1 Å². The largest absolute Gasteiger partial charge is 0.374 e. The number of benzene rings is 1. The van der Waals surface area contributed by atoms with Crippen LogP contribution in [0.1, 0.15) is 19.4 Å². The molecule has 0 fully saturated rings. The van der Waals surface area contributed by atoms with Crippen molar-refractivity contribution in [2.75, 3.05) is 0 Å². The predicted octanol–water partition coefficient (Wildman–Crippen LogP) is 2.89. The van der Waals surface area contributed by atoms with Gasteiger partial charge in [0.1, 0.15) is 11.6 Å². The standard InChI is InChI=1S/C10H12F2O/c1-7(2)13-6-8-3-4-9(11)5-10(8)12/h3-5,7H,6H2,1-2H3. The van der Waals surface area contributed by atoms with E-state index in [9.17, 15) is 8.78 Å². The zero-order valence-corrected chi connectivity index (χ0v) is 7.68. The van der Waals surface area contributed by atoms with Crippen molar-refractivity contribution < 1.29 is 13.5 Å². The number of hydrogen-bond donors (Lipinski definition) is 0. The normalized spacial score (nSPS) is 10.8. The summed E-state index contributed by atoms with van der Waals surface area (Å²) in [6, 6.07) is 3.48. The molecule has 13 heavy (non-hydrogen) atoms. The van der Waals surface area contributed by atoms with Crippen molar-refractivity contribution in [1.29, 1.82) is 0 Å². The molecule has 1 aromatic carbocycles. The minimum absolute atomic E-state index is 0.0458. The molecule has 1 nitrogen and oxygen atoms in total. The zero-order chi connectivity index (χ0) is 9.84. The highest BCUT2D eigenvalue weighted by molar-refractivity contribution is 5.17. The summed E-state index contributed by atoms with van der Waals surface area (Å²) in [7, 11) is 0. The molecule has 0 heterocycles. The molecule has 0 aliphatic carbocycles. The fourth-order valence-electron chi connectivity index (χ4n) is 0.895. The van der Waals surface area contributed by atoms with Crippen LogP contribution in [-0.4, -0.2) is 6.10 Å². The molecule has 0 bridgehead atoms. The lowest BCUT2D eigenvalue weighted by Gasteiger charge is -2.07. The first kappa shape index (κ1) is 10.1.